The van der Waals surface area contributed by atoms with Crippen molar-refractivity contribution >= 4 is 53.2 Å². The number of hydrogen-bond acceptors (Lipinski definition) is 3. The molecule has 19 heavy (non-hydrogen) atoms. The zero-order chi connectivity index (χ0) is 14.0. The molecule has 0 bridgehead atoms. The van der Waals surface area contributed by atoms with E-state index in [0.717, 1.165) is 0 Å². The summed E-state index contributed by atoms with van der Waals surface area (Å²) in [5, 5.41) is 9.73. The van der Waals surface area contributed by atoms with E-state index in [1.165, 1.54) is 10.8 Å². The molecule has 1 aromatic carbocycles. The Morgan fingerprint density at radius 2 is 2.21 bits per heavy atom. The number of carbonyl (C=O) groups excluding carboxylic acids is 1. The van der Waals surface area contributed by atoms with Crippen LogP contribution in [0.5, 0.6) is 0 Å². The lowest BCUT2D eigenvalue weighted by Crippen LogP contribution is -2.16. The Morgan fingerprint density at radius 3 is 2.84 bits per heavy atom. The van der Waals surface area contributed by atoms with Crippen molar-refractivity contribution in [1.82, 2.24) is 14.8 Å². The van der Waals surface area contributed by atoms with E-state index in [1.807, 2.05) is 0 Å². The van der Waals surface area contributed by atoms with Crippen molar-refractivity contribution < 1.29 is 4.79 Å². The van der Waals surface area contributed by atoms with E-state index in [-0.39, 0.29) is 10.6 Å². The quantitative estimate of drug-likeness (QED) is 0.851. The summed E-state index contributed by atoms with van der Waals surface area (Å²) in [5.74, 6) is -0.336. The fourth-order valence-corrected chi connectivity index (χ4v) is 1.90. The summed E-state index contributed by atoms with van der Waals surface area (Å²) >= 11 is 16.6. The number of halogens is 2. The van der Waals surface area contributed by atoms with E-state index < -0.39 is 5.91 Å². The topological polar surface area (TPSA) is 62.7 Å². The van der Waals surface area contributed by atoms with Crippen LogP contribution in [0.2, 0.25) is 10.0 Å². The Bertz CT molecular complexity index is 707. The number of benzene rings is 1. The molecule has 0 spiro atoms. The largest absolute Gasteiger partial charge is 0.319 e. The van der Waals surface area contributed by atoms with Crippen molar-refractivity contribution in [3.63, 3.8) is 0 Å². The number of aromatic amines is 1. The van der Waals surface area contributed by atoms with Gasteiger partial charge in [0.2, 0.25) is 5.82 Å². The predicted molar refractivity (Wildman–Crippen MR) is 78.2 cm³/mol. The highest BCUT2D eigenvalue weighted by Gasteiger charge is 2.14. The molecule has 0 saturated heterocycles. The van der Waals surface area contributed by atoms with Gasteiger partial charge in [0, 0.05) is 11.9 Å². The summed E-state index contributed by atoms with van der Waals surface area (Å²) in [5.41, 5.74) is 0.504. The lowest BCUT2D eigenvalue weighted by Gasteiger charge is -2.05. The fraction of sp³-hybridized carbons (Fsp3) is 0. The molecule has 0 aliphatic carbocycles. The molecule has 2 N–H and O–H groups in total. The molecule has 2 rings (SSSR count). The first-order valence-corrected chi connectivity index (χ1v) is 6.25. The van der Waals surface area contributed by atoms with Gasteiger partial charge < -0.3 is 5.32 Å². The van der Waals surface area contributed by atoms with Gasteiger partial charge in [-0.15, -0.1) is 5.10 Å². The fourth-order valence-electron chi connectivity index (χ4n) is 1.40. The molecule has 2 aromatic rings. The van der Waals surface area contributed by atoms with Gasteiger partial charge in [0.25, 0.3) is 5.91 Å². The first kappa shape index (κ1) is 13.8. The SMILES string of the molecule is C=Cn1c(C(=O)Nc2ccc(Cl)c(Cl)c2)n[nH]c1=S. The molecule has 1 aromatic heterocycles. The lowest BCUT2D eigenvalue weighted by molar-refractivity contribution is 0.101. The van der Waals surface area contributed by atoms with Crippen LogP contribution in [-0.4, -0.2) is 20.7 Å². The molecule has 0 aliphatic heterocycles. The van der Waals surface area contributed by atoms with Crippen LogP contribution in [0, 0.1) is 4.77 Å². The molecule has 0 fully saturated rings. The van der Waals surface area contributed by atoms with Crippen LogP contribution >= 0.6 is 35.4 Å². The van der Waals surface area contributed by atoms with Crippen molar-refractivity contribution in [2.45, 2.75) is 0 Å². The van der Waals surface area contributed by atoms with Crippen molar-refractivity contribution in [2.75, 3.05) is 5.32 Å². The van der Waals surface area contributed by atoms with Gasteiger partial charge in [0.15, 0.2) is 4.77 Å². The number of H-pyrrole nitrogens is 1. The zero-order valence-corrected chi connectivity index (χ0v) is 11.8. The van der Waals surface area contributed by atoms with E-state index in [0.29, 0.717) is 15.7 Å². The summed E-state index contributed by atoms with van der Waals surface area (Å²) in [6.45, 7) is 3.56. The molecule has 1 amide bonds. The van der Waals surface area contributed by atoms with Gasteiger partial charge in [-0.1, -0.05) is 29.8 Å². The molecular weight excluding hydrogens is 307 g/mol. The van der Waals surface area contributed by atoms with Crippen LogP contribution < -0.4 is 5.32 Å². The Morgan fingerprint density at radius 1 is 1.47 bits per heavy atom. The summed E-state index contributed by atoms with van der Waals surface area (Å²) in [6, 6.07) is 4.76. The number of aromatic nitrogens is 3. The van der Waals surface area contributed by atoms with Gasteiger partial charge in [-0.25, -0.2) is 0 Å². The van der Waals surface area contributed by atoms with Crippen LogP contribution in [0.25, 0.3) is 6.20 Å². The van der Waals surface area contributed by atoms with E-state index in [9.17, 15) is 4.79 Å². The Labute approximate surface area is 123 Å². The zero-order valence-electron chi connectivity index (χ0n) is 9.48. The van der Waals surface area contributed by atoms with E-state index >= 15 is 0 Å². The number of nitrogens with zero attached hydrogens (tertiary/aromatic N) is 2. The summed E-state index contributed by atoms with van der Waals surface area (Å²) < 4.78 is 1.65. The number of nitrogens with one attached hydrogen (secondary N) is 2. The van der Waals surface area contributed by atoms with Gasteiger partial charge in [0.1, 0.15) is 0 Å². The van der Waals surface area contributed by atoms with Gasteiger partial charge >= 0.3 is 0 Å². The Balaban J connectivity index is 2.28. The van der Waals surface area contributed by atoms with Crippen LogP contribution in [-0.2, 0) is 0 Å². The number of rotatable bonds is 3. The maximum atomic E-state index is 12.0. The van der Waals surface area contributed by atoms with Crippen LogP contribution in [0.3, 0.4) is 0 Å². The third-order valence-corrected chi connectivity index (χ3v) is 3.29. The average Bonchev–Trinajstić information content (AvgIpc) is 2.75. The lowest BCUT2D eigenvalue weighted by atomic mass is 10.3. The third-order valence-electron chi connectivity index (χ3n) is 2.27. The monoisotopic (exact) mass is 314 g/mol. The second kappa shape index (κ2) is 5.56. The highest BCUT2D eigenvalue weighted by atomic mass is 35.5. The average molecular weight is 315 g/mol. The minimum absolute atomic E-state index is 0.103. The summed E-state index contributed by atoms with van der Waals surface area (Å²) in [4.78, 5) is 12.0. The standard InChI is InChI=1S/C11H8Cl2N4OS/c1-2-17-9(15-16-11(17)19)10(18)14-6-3-4-7(12)8(13)5-6/h2-5H,1H2,(H,14,18)(H,16,19). The van der Waals surface area contributed by atoms with Crippen molar-refractivity contribution in [3.8, 4) is 0 Å². The third kappa shape index (κ3) is 2.86. The number of amides is 1. The highest BCUT2D eigenvalue weighted by Crippen LogP contribution is 2.25. The van der Waals surface area contributed by atoms with Gasteiger partial charge in [-0.05, 0) is 30.4 Å². The minimum Gasteiger partial charge on any atom is -0.319 e. The van der Waals surface area contributed by atoms with Crippen LogP contribution in [0.1, 0.15) is 10.6 Å². The van der Waals surface area contributed by atoms with Crippen molar-refractivity contribution in [1.29, 1.82) is 0 Å². The molecule has 0 atom stereocenters. The van der Waals surface area contributed by atoms with Crippen LogP contribution in [0.15, 0.2) is 24.8 Å². The van der Waals surface area contributed by atoms with E-state index in [2.05, 4.69) is 22.1 Å². The number of hydrogen-bond donors (Lipinski definition) is 2. The van der Waals surface area contributed by atoms with Gasteiger partial charge in [0.05, 0.1) is 10.0 Å². The number of anilines is 1. The maximum absolute atomic E-state index is 12.0. The molecule has 5 nitrogen and oxygen atoms in total. The highest BCUT2D eigenvalue weighted by molar-refractivity contribution is 7.71. The second-order valence-corrected chi connectivity index (χ2v) is 4.69. The summed E-state index contributed by atoms with van der Waals surface area (Å²) in [6.07, 6.45) is 1.40. The Hall–Kier alpha value is -1.63. The van der Waals surface area contributed by atoms with E-state index in [1.54, 1.807) is 18.2 Å². The molecule has 0 unspecified atom stereocenters. The molecule has 0 radical (unpaired) electrons. The smallest absolute Gasteiger partial charge is 0.293 e. The molecular formula is C11H8Cl2N4OS. The van der Waals surface area contributed by atoms with E-state index in [4.69, 9.17) is 35.4 Å². The molecule has 98 valence electrons. The molecule has 1 heterocycles. The normalized spacial score (nSPS) is 10.2. The van der Waals surface area contributed by atoms with Gasteiger partial charge in [-0.3, -0.25) is 14.5 Å². The molecule has 8 heteroatoms. The van der Waals surface area contributed by atoms with Crippen molar-refractivity contribution in [3.05, 3.63) is 45.4 Å². The predicted octanol–water partition coefficient (Wildman–Crippen LogP) is 3.60. The second-order valence-electron chi connectivity index (χ2n) is 3.49. The first-order chi connectivity index (χ1) is 9.02. The Kier molecular flexibility index (Phi) is 4.04. The minimum atomic E-state index is -0.439. The van der Waals surface area contributed by atoms with Crippen LogP contribution in [0.4, 0.5) is 5.69 Å². The van der Waals surface area contributed by atoms with Crippen molar-refractivity contribution in [2.24, 2.45) is 0 Å². The maximum Gasteiger partial charge on any atom is 0.293 e. The molecule has 0 saturated carbocycles. The molecule has 0 aliphatic rings. The number of carbonyl (C=O) groups is 1. The summed E-state index contributed by atoms with van der Waals surface area (Å²) in [7, 11) is 0. The van der Waals surface area contributed by atoms with Gasteiger partial charge in [-0.2, -0.15) is 0 Å². The first-order valence-electron chi connectivity index (χ1n) is 5.09.